The van der Waals surface area contributed by atoms with Gasteiger partial charge in [-0.15, -0.1) is 0 Å². The summed E-state index contributed by atoms with van der Waals surface area (Å²) < 4.78 is 0. The first kappa shape index (κ1) is 11.4. The summed E-state index contributed by atoms with van der Waals surface area (Å²) >= 11 is 0.786. The number of aromatic nitrogens is 1. The average Bonchev–Trinajstić information content (AvgIpc) is 2.49. The van der Waals surface area contributed by atoms with E-state index < -0.39 is 17.9 Å². The predicted molar refractivity (Wildman–Crippen MR) is 54.1 cm³/mol. The second kappa shape index (κ2) is 4.74. The van der Waals surface area contributed by atoms with Crippen molar-refractivity contribution < 1.29 is 14.7 Å². The Labute approximate surface area is 88.9 Å². The third-order valence-electron chi connectivity index (χ3n) is 1.61. The van der Waals surface area contributed by atoms with Crippen LogP contribution in [0.2, 0.25) is 0 Å². The smallest absolute Gasteiger partial charge is 0.305 e. The second-order valence-corrected chi connectivity index (χ2v) is 4.03. The molecule has 0 radical (unpaired) electrons. The van der Waals surface area contributed by atoms with Crippen molar-refractivity contribution in [3.05, 3.63) is 20.7 Å². The van der Waals surface area contributed by atoms with E-state index in [-0.39, 0.29) is 16.2 Å². The standard InChI is InChI=1S/C8H10N2O4S/c1-4(2-6(11)12)10-7(13)5-3-9-8(14)15-5/h3-4H,2H2,1H3,(H,9,14)(H,10,13)(H,11,12). The molecule has 1 amide bonds. The maximum atomic E-state index is 11.4. The molecule has 0 spiro atoms. The van der Waals surface area contributed by atoms with E-state index in [1.165, 1.54) is 6.20 Å². The average molecular weight is 230 g/mol. The predicted octanol–water partition coefficient (Wildman–Crippen LogP) is 0.0294. The van der Waals surface area contributed by atoms with E-state index in [1.807, 2.05) is 0 Å². The molecule has 6 nitrogen and oxygen atoms in total. The number of hydrogen-bond donors (Lipinski definition) is 3. The molecule has 1 heterocycles. The SMILES string of the molecule is CC(CC(=O)O)NC(=O)c1c[nH]c(=O)s1. The van der Waals surface area contributed by atoms with Crippen molar-refractivity contribution >= 4 is 23.2 Å². The van der Waals surface area contributed by atoms with Gasteiger partial charge in [0.2, 0.25) is 0 Å². The number of amides is 1. The number of H-pyrrole nitrogens is 1. The molecule has 0 saturated heterocycles. The van der Waals surface area contributed by atoms with Crippen molar-refractivity contribution in [2.45, 2.75) is 19.4 Å². The van der Waals surface area contributed by atoms with Crippen LogP contribution < -0.4 is 10.2 Å². The molecule has 0 bridgehead atoms. The number of thiazole rings is 1. The monoisotopic (exact) mass is 230 g/mol. The first-order valence-corrected chi connectivity index (χ1v) is 5.02. The molecule has 82 valence electrons. The fourth-order valence-corrected chi connectivity index (χ4v) is 1.59. The van der Waals surface area contributed by atoms with Gasteiger partial charge in [-0.1, -0.05) is 11.3 Å². The van der Waals surface area contributed by atoms with Gasteiger partial charge >= 0.3 is 10.8 Å². The minimum Gasteiger partial charge on any atom is -0.481 e. The number of nitrogens with one attached hydrogen (secondary N) is 2. The molecule has 0 aliphatic carbocycles. The molecule has 0 saturated carbocycles. The Bertz CT molecular complexity index is 422. The van der Waals surface area contributed by atoms with Crippen molar-refractivity contribution in [1.82, 2.24) is 10.3 Å². The van der Waals surface area contributed by atoms with E-state index in [2.05, 4.69) is 10.3 Å². The van der Waals surface area contributed by atoms with Crippen LogP contribution in [0.4, 0.5) is 0 Å². The molecule has 1 aromatic heterocycles. The summed E-state index contributed by atoms with van der Waals surface area (Å²) in [4.78, 5) is 34.8. The highest BCUT2D eigenvalue weighted by molar-refractivity contribution is 7.11. The van der Waals surface area contributed by atoms with Crippen LogP contribution in [0.5, 0.6) is 0 Å². The topological polar surface area (TPSA) is 99.3 Å². The van der Waals surface area contributed by atoms with Crippen LogP contribution in [0.15, 0.2) is 11.0 Å². The number of rotatable bonds is 4. The van der Waals surface area contributed by atoms with Crippen LogP contribution in [-0.2, 0) is 4.79 Å². The summed E-state index contributed by atoms with van der Waals surface area (Å²) in [5, 5.41) is 10.9. The fourth-order valence-electron chi connectivity index (χ4n) is 1.00. The minimum atomic E-state index is -0.981. The number of carbonyl (C=O) groups is 2. The van der Waals surface area contributed by atoms with Crippen LogP contribution in [0.25, 0.3) is 0 Å². The Hall–Kier alpha value is -1.63. The number of aromatic amines is 1. The molecule has 3 N–H and O–H groups in total. The number of hydrogen-bond acceptors (Lipinski definition) is 4. The van der Waals surface area contributed by atoms with E-state index in [9.17, 15) is 14.4 Å². The largest absolute Gasteiger partial charge is 0.481 e. The molecule has 1 aromatic rings. The Morgan fingerprint density at radius 3 is 2.80 bits per heavy atom. The summed E-state index contributed by atoms with van der Waals surface area (Å²) in [6.45, 7) is 1.58. The Morgan fingerprint density at radius 2 is 2.33 bits per heavy atom. The lowest BCUT2D eigenvalue weighted by Gasteiger charge is -2.09. The van der Waals surface area contributed by atoms with Gasteiger partial charge < -0.3 is 15.4 Å². The Balaban J connectivity index is 2.56. The lowest BCUT2D eigenvalue weighted by molar-refractivity contribution is -0.137. The minimum absolute atomic E-state index is 0.148. The van der Waals surface area contributed by atoms with Gasteiger partial charge in [0.25, 0.3) is 5.91 Å². The molecule has 1 unspecified atom stereocenters. The molecule has 0 aliphatic heterocycles. The van der Waals surface area contributed by atoms with Gasteiger partial charge in [-0.3, -0.25) is 14.4 Å². The summed E-state index contributed by atoms with van der Waals surface area (Å²) in [6, 6.07) is -0.466. The molecule has 0 fully saturated rings. The third-order valence-corrected chi connectivity index (χ3v) is 2.43. The number of carboxylic acids is 1. The zero-order valence-electron chi connectivity index (χ0n) is 7.94. The van der Waals surface area contributed by atoms with Gasteiger partial charge in [0.1, 0.15) is 4.88 Å². The van der Waals surface area contributed by atoms with Crippen molar-refractivity contribution in [1.29, 1.82) is 0 Å². The third kappa shape index (κ3) is 3.55. The van der Waals surface area contributed by atoms with Gasteiger partial charge in [0.05, 0.1) is 6.42 Å². The summed E-state index contributed by atoms with van der Waals surface area (Å²) in [5.41, 5.74) is 0. The molecule has 0 aliphatic rings. The molecule has 0 aromatic carbocycles. The van der Waals surface area contributed by atoms with Crippen LogP contribution in [0, 0.1) is 0 Å². The van der Waals surface area contributed by atoms with Gasteiger partial charge in [-0.2, -0.15) is 0 Å². The van der Waals surface area contributed by atoms with E-state index >= 15 is 0 Å². The van der Waals surface area contributed by atoms with Crippen LogP contribution in [-0.4, -0.2) is 28.0 Å². The Kier molecular flexibility index (Phi) is 3.62. The van der Waals surface area contributed by atoms with Crippen LogP contribution in [0.3, 0.4) is 0 Å². The lowest BCUT2D eigenvalue weighted by Crippen LogP contribution is -2.33. The summed E-state index contributed by atoms with van der Waals surface area (Å²) in [5.74, 6) is -1.42. The quantitative estimate of drug-likeness (QED) is 0.679. The number of aliphatic carboxylic acids is 1. The number of carbonyl (C=O) groups excluding carboxylic acids is 1. The number of carboxylic acid groups (broad SMARTS) is 1. The first-order valence-electron chi connectivity index (χ1n) is 4.20. The highest BCUT2D eigenvalue weighted by Crippen LogP contribution is 2.01. The molecule has 7 heteroatoms. The lowest BCUT2D eigenvalue weighted by atomic mass is 10.2. The molecule has 1 rings (SSSR count). The molecular weight excluding hydrogens is 220 g/mol. The van der Waals surface area contributed by atoms with Crippen molar-refractivity contribution in [2.24, 2.45) is 0 Å². The molecule has 1 atom stereocenters. The van der Waals surface area contributed by atoms with Gasteiger partial charge in [0.15, 0.2) is 0 Å². The maximum Gasteiger partial charge on any atom is 0.305 e. The zero-order valence-corrected chi connectivity index (χ0v) is 8.76. The van der Waals surface area contributed by atoms with Crippen molar-refractivity contribution in [3.63, 3.8) is 0 Å². The van der Waals surface area contributed by atoms with Gasteiger partial charge in [-0.05, 0) is 6.92 Å². The fraction of sp³-hybridized carbons (Fsp3) is 0.375. The van der Waals surface area contributed by atoms with Crippen LogP contribution >= 0.6 is 11.3 Å². The maximum absolute atomic E-state index is 11.4. The van der Waals surface area contributed by atoms with Gasteiger partial charge in [-0.25, -0.2) is 0 Å². The zero-order chi connectivity index (χ0) is 11.4. The summed E-state index contributed by atoms with van der Waals surface area (Å²) in [7, 11) is 0. The van der Waals surface area contributed by atoms with Crippen molar-refractivity contribution in [3.8, 4) is 0 Å². The first-order chi connectivity index (χ1) is 6.99. The molecular formula is C8H10N2O4S. The second-order valence-electron chi connectivity index (χ2n) is 3.01. The van der Waals surface area contributed by atoms with Gasteiger partial charge in [0, 0.05) is 12.2 Å². The summed E-state index contributed by atoms with van der Waals surface area (Å²) in [6.07, 6.45) is 1.15. The van der Waals surface area contributed by atoms with E-state index in [4.69, 9.17) is 5.11 Å². The van der Waals surface area contributed by atoms with Crippen molar-refractivity contribution in [2.75, 3.05) is 0 Å². The highest BCUT2D eigenvalue weighted by atomic mass is 32.1. The van der Waals surface area contributed by atoms with E-state index in [0.29, 0.717) is 0 Å². The normalized spacial score (nSPS) is 12.1. The van der Waals surface area contributed by atoms with E-state index in [0.717, 1.165) is 11.3 Å². The molecule has 15 heavy (non-hydrogen) atoms. The highest BCUT2D eigenvalue weighted by Gasteiger charge is 2.13. The van der Waals surface area contributed by atoms with E-state index in [1.54, 1.807) is 6.92 Å². The van der Waals surface area contributed by atoms with Crippen LogP contribution in [0.1, 0.15) is 23.0 Å². The Morgan fingerprint density at radius 1 is 1.67 bits per heavy atom.